The molecule has 0 saturated carbocycles. The number of furan rings is 1. The van der Waals surface area contributed by atoms with Crippen molar-refractivity contribution in [1.82, 2.24) is 5.32 Å². The Morgan fingerprint density at radius 3 is 2.67 bits per heavy atom. The molecular formula is C20H19NO8S. The summed E-state index contributed by atoms with van der Waals surface area (Å²) in [4.78, 5) is 37.4. The molecule has 1 aromatic carbocycles. The summed E-state index contributed by atoms with van der Waals surface area (Å²) >= 11 is 0. The summed E-state index contributed by atoms with van der Waals surface area (Å²) in [5.41, 5.74) is 1.28. The van der Waals surface area contributed by atoms with E-state index in [0.717, 1.165) is 24.0 Å². The van der Waals surface area contributed by atoms with E-state index in [1.807, 2.05) is 6.92 Å². The minimum absolute atomic E-state index is 0.176. The van der Waals surface area contributed by atoms with Gasteiger partial charge in [-0.05, 0) is 42.5 Å². The maximum Gasteiger partial charge on any atom is 0.336 e. The van der Waals surface area contributed by atoms with E-state index in [0.29, 0.717) is 12.0 Å². The molecule has 9 nitrogen and oxygen atoms in total. The van der Waals surface area contributed by atoms with E-state index < -0.39 is 38.9 Å². The maximum absolute atomic E-state index is 13.0. The van der Waals surface area contributed by atoms with Gasteiger partial charge in [-0.3, -0.25) is 14.1 Å². The number of carbonyl (C=O) groups is 3. The fourth-order valence-corrected chi connectivity index (χ4v) is 4.86. The summed E-state index contributed by atoms with van der Waals surface area (Å²) in [5.74, 6) is -3.12. The van der Waals surface area contributed by atoms with Crippen molar-refractivity contribution < 1.29 is 36.9 Å². The monoisotopic (exact) mass is 433 g/mol. The third-order valence-corrected chi connectivity index (χ3v) is 6.59. The van der Waals surface area contributed by atoms with E-state index >= 15 is 0 Å². The van der Waals surface area contributed by atoms with Crippen LogP contribution in [0.1, 0.15) is 73.3 Å². The number of carboxylic acid groups (broad SMARTS) is 1. The fraction of sp³-hybridized carbons (Fsp3) is 0.350. The first-order chi connectivity index (χ1) is 14.0. The molecule has 0 saturated heterocycles. The third kappa shape index (κ3) is 3.12. The summed E-state index contributed by atoms with van der Waals surface area (Å²) in [6, 6.07) is 2.59. The zero-order chi connectivity index (χ0) is 21.8. The van der Waals surface area contributed by atoms with E-state index in [-0.39, 0.29) is 29.0 Å². The number of hydrogen-bond donors (Lipinski definition) is 3. The van der Waals surface area contributed by atoms with Crippen molar-refractivity contribution in [2.75, 3.05) is 12.3 Å². The van der Waals surface area contributed by atoms with E-state index in [2.05, 4.69) is 5.32 Å². The molecule has 0 bridgehead atoms. The molecule has 4 rings (SSSR count). The van der Waals surface area contributed by atoms with Gasteiger partial charge in [-0.2, -0.15) is 8.42 Å². The number of aryl methyl sites for hydroxylation is 1. The van der Waals surface area contributed by atoms with Gasteiger partial charge < -0.3 is 14.8 Å². The molecule has 10 heteroatoms. The number of fused-ring (bicyclic) bond motifs is 2. The number of amides is 1. The number of aromatic carboxylic acids is 1. The highest BCUT2D eigenvalue weighted by Gasteiger charge is 2.46. The number of ketones is 1. The highest BCUT2D eigenvalue weighted by Crippen LogP contribution is 2.50. The molecule has 0 spiro atoms. The number of nitrogens with one attached hydrogen (secondary N) is 1. The predicted octanol–water partition coefficient (Wildman–Crippen LogP) is 1.78. The standard InChI is InChI=1S/C20H19NO8S/c1-20-4-2-3-10-9-29-17(15(10)20)16(22)13-7-12(19(24)25)11(8-14(13)20)18(23)21-5-6-30(26,27)28/h7-9H,2-6H2,1H3,(H,21,23)(H,24,25)(H,26,27,28)/t20-/m0/s1. The minimum Gasteiger partial charge on any atom is -0.478 e. The Morgan fingerprint density at radius 1 is 1.27 bits per heavy atom. The van der Waals surface area contributed by atoms with Gasteiger partial charge in [0.1, 0.15) is 0 Å². The van der Waals surface area contributed by atoms with Gasteiger partial charge >= 0.3 is 5.97 Å². The molecule has 1 aromatic heterocycles. The highest BCUT2D eigenvalue weighted by atomic mass is 32.2. The quantitative estimate of drug-likeness (QED) is 0.604. The van der Waals surface area contributed by atoms with E-state index in [1.54, 1.807) is 6.26 Å². The van der Waals surface area contributed by atoms with E-state index in [9.17, 15) is 27.9 Å². The van der Waals surface area contributed by atoms with Gasteiger partial charge in [-0.25, -0.2) is 4.79 Å². The molecule has 2 aliphatic carbocycles. The van der Waals surface area contributed by atoms with Crippen LogP contribution in [0.2, 0.25) is 0 Å². The molecule has 30 heavy (non-hydrogen) atoms. The normalized spacial score (nSPS) is 19.7. The van der Waals surface area contributed by atoms with E-state index in [1.165, 1.54) is 12.1 Å². The minimum atomic E-state index is -4.28. The molecule has 0 radical (unpaired) electrons. The summed E-state index contributed by atoms with van der Waals surface area (Å²) in [7, 11) is -4.28. The molecule has 1 heterocycles. The Kier molecular flexibility index (Phi) is 4.59. The second kappa shape index (κ2) is 6.78. The van der Waals surface area contributed by atoms with Crippen molar-refractivity contribution >= 4 is 27.8 Å². The lowest BCUT2D eigenvalue weighted by Gasteiger charge is -2.39. The van der Waals surface area contributed by atoms with Crippen LogP contribution in [0.5, 0.6) is 0 Å². The lowest BCUT2D eigenvalue weighted by Crippen LogP contribution is -2.37. The second-order valence-corrected chi connectivity index (χ2v) is 9.34. The average molecular weight is 433 g/mol. The van der Waals surface area contributed by atoms with Gasteiger partial charge in [0.25, 0.3) is 16.0 Å². The number of rotatable bonds is 5. The molecule has 1 atom stereocenters. The van der Waals surface area contributed by atoms with E-state index in [4.69, 9.17) is 8.97 Å². The highest BCUT2D eigenvalue weighted by molar-refractivity contribution is 7.85. The SMILES string of the molecule is C[C@@]12CCCc3coc(c31)C(=O)c1cc(C(=O)O)c(C(=O)NCCS(=O)(=O)O)cc12. The van der Waals surface area contributed by atoms with Crippen LogP contribution in [0.3, 0.4) is 0 Å². The number of carboxylic acids is 1. The van der Waals surface area contributed by atoms with Crippen molar-refractivity contribution in [3.63, 3.8) is 0 Å². The first kappa shape index (κ1) is 20.3. The second-order valence-electron chi connectivity index (χ2n) is 7.77. The Labute approximate surface area is 171 Å². The lowest BCUT2D eigenvalue weighted by molar-refractivity contribution is 0.0691. The van der Waals surface area contributed by atoms with Gasteiger partial charge in [0.05, 0.1) is 23.1 Å². The van der Waals surface area contributed by atoms with Crippen molar-refractivity contribution in [3.05, 3.63) is 57.5 Å². The number of hydrogen-bond acceptors (Lipinski definition) is 6. The van der Waals surface area contributed by atoms with Crippen LogP contribution in [-0.4, -0.2) is 48.0 Å². The summed E-state index contributed by atoms with van der Waals surface area (Å²) in [5, 5.41) is 11.9. The fourth-order valence-electron chi connectivity index (χ4n) is 4.50. The Morgan fingerprint density at radius 2 is 2.00 bits per heavy atom. The van der Waals surface area contributed by atoms with Gasteiger partial charge in [-0.15, -0.1) is 0 Å². The Hall–Kier alpha value is -2.98. The topological polar surface area (TPSA) is 151 Å². The first-order valence-corrected chi connectivity index (χ1v) is 10.9. The van der Waals surface area contributed by atoms with Crippen LogP contribution in [0, 0.1) is 0 Å². The van der Waals surface area contributed by atoms with Crippen LogP contribution in [0.4, 0.5) is 0 Å². The zero-order valence-corrected chi connectivity index (χ0v) is 16.8. The van der Waals surface area contributed by atoms with Crippen LogP contribution >= 0.6 is 0 Å². The first-order valence-electron chi connectivity index (χ1n) is 9.33. The van der Waals surface area contributed by atoms with Crippen molar-refractivity contribution in [3.8, 4) is 0 Å². The zero-order valence-electron chi connectivity index (χ0n) is 16.0. The van der Waals surface area contributed by atoms with Crippen LogP contribution in [-0.2, 0) is 22.0 Å². The molecule has 0 fully saturated rings. The van der Waals surface area contributed by atoms with Crippen LogP contribution in [0.25, 0.3) is 0 Å². The van der Waals surface area contributed by atoms with Crippen molar-refractivity contribution in [1.29, 1.82) is 0 Å². The Bertz CT molecular complexity index is 1210. The molecule has 3 N–H and O–H groups in total. The molecule has 2 aromatic rings. The van der Waals surface area contributed by atoms with Crippen molar-refractivity contribution in [2.45, 2.75) is 31.6 Å². The van der Waals surface area contributed by atoms with Gasteiger partial charge in [0.15, 0.2) is 5.76 Å². The lowest BCUT2D eigenvalue weighted by atomic mass is 9.62. The Balaban J connectivity index is 1.83. The average Bonchev–Trinajstić information content (AvgIpc) is 3.10. The molecule has 0 unspecified atom stereocenters. The largest absolute Gasteiger partial charge is 0.478 e. The summed E-state index contributed by atoms with van der Waals surface area (Å²) in [6.07, 6.45) is 3.87. The van der Waals surface area contributed by atoms with Gasteiger partial charge in [0, 0.05) is 23.1 Å². The maximum atomic E-state index is 13.0. The summed E-state index contributed by atoms with van der Waals surface area (Å²) in [6.45, 7) is 1.55. The number of carbonyl (C=O) groups excluding carboxylic acids is 2. The van der Waals surface area contributed by atoms with Crippen LogP contribution < -0.4 is 5.32 Å². The number of benzene rings is 1. The third-order valence-electron chi connectivity index (χ3n) is 5.87. The predicted molar refractivity (Wildman–Crippen MR) is 104 cm³/mol. The van der Waals surface area contributed by atoms with Gasteiger partial charge in [0.2, 0.25) is 5.78 Å². The van der Waals surface area contributed by atoms with Crippen molar-refractivity contribution in [2.24, 2.45) is 0 Å². The van der Waals surface area contributed by atoms with Gasteiger partial charge in [-0.1, -0.05) is 6.92 Å². The molecular weight excluding hydrogens is 414 g/mol. The molecule has 0 aliphatic heterocycles. The molecule has 158 valence electrons. The molecule has 1 amide bonds. The summed E-state index contributed by atoms with van der Waals surface area (Å²) < 4.78 is 36.1. The molecule has 2 aliphatic rings. The van der Waals surface area contributed by atoms with Crippen LogP contribution in [0.15, 0.2) is 22.8 Å². The smallest absolute Gasteiger partial charge is 0.336 e.